The Kier molecular flexibility index (Phi) is 9.28. The molecule has 1 unspecified atom stereocenters. The van der Waals surface area contributed by atoms with Gasteiger partial charge in [-0.15, -0.1) is 45.5 Å². The van der Waals surface area contributed by atoms with Gasteiger partial charge in [0.2, 0.25) is 0 Å². The molecule has 0 amide bonds. The first kappa shape index (κ1) is 24.8. The zero-order valence-corrected chi connectivity index (χ0v) is 19.8. The van der Waals surface area contributed by atoms with Gasteiger partial charge in [-0.05, 0) is 19.8 Å². The van der Waals surface area contributed by atoms with Crippen LogP contribution in [0.1, 0.15) is 35.2 Å². The van der Waals surface area contributed by atoms with Gasteiger partial charge >= 0.3 is 6.18 Å². The van der Waals surface area contributed by atoms with Crippen molar-refractivity contribution in [3.05, 3.63) is 27.7 Å². The van der Waals surface area contributed by atoms with Crippen LogP contribution in [0.5, 0.6) is 0 Å². The average Bonchev–Trinajstić information content (AvgIpc) is 3.41. The summed E-state index contributed by atoms with van der Waals surface area (Å²) >= 11 is 1.00. The molecule has 1 saturated heterocycles. The first-order chi connectivity index (χ1) is 13.8. The molecule has 0 saturated carbocycles. The normalized spacial score (nSPS) is 17.1. The molecule has 2 aromatic heterocycles. The van der Waals surface area contributed by atoms with Crippen LogP contribution in [0.25, 0.3) is 0 Å². The number of nitrogens with zero attached hydrogens (tertiary/aromatic N) is 5. The van der Waals surface area contributed by atoms with Crippen LogP contribution < -0.4 is 10.6 Å². The molecule has 0 aliphatic carbocycles. The molecule has 0 spiro atoms. The van der Waals surface area contributed by atoms with Crippen LogP contribution in [0.15, 0.2) is 10.4 Å². The summed E-state index contributed by atoms with van der Waals surface area (Å²) in [6.45, 7) is 3.96. The lowest BCUT2D eigenvalue weighted by molar-refractivity contribution is -0.140. The maximum atomic E-state index is 12.7. The van der Waals surface area contributed by atoms with E-state index in [-0.39, 0.29) is 30.1 Å². The van der Waals surface area contributed by atoms with E-state index in [0.29, 0.717) is 37.0 Å². The Balaban J connectivity index is 0.00000320. The highest BCUT2D eigenvalue weighted by atomic mass is 127. The topological polar surface area (TPSA) is 89.2 Å². The maximum absolute atomic E-state index is 12.7. The van der Waals surface area contributed by atoms with Crippen LogP contribution >= 0.6 is 35.3 Å². The van der Waals surface area contributed by atoms with Gasteiger partial charge in [-0.1, -0.05) is 0 Å². The number of aryl methyl sites for hydroxylation is 1. The van der Waals surface area contributed by atoms with Crippen molar-refractivity contribution in [1.82, 2.24) is 30.4 Å². The van der Waals surface area contributed by atoms with E-state index in [2.05, 4.69) is 30.8 Å². The summed E-state index contributed by atoms with van der Waals surface area (Å²) < 4.78 is 45.5. The fourth-order valence-electron chi connectivity index (χ4n) is 2.77. The SMILES string of the molecule is Cc1nnc(CN=C(NCCc2nc(C(F)(F)F)cs2)NCC2CCCO2)n1C.I. The first-order valence-electron chi connectivity index (χ1n) is 9.33. The van der Waals surface area contributed by atoms with Crippen LogP contribution in [0.2, 0.25) is 0 Å². The molecule has 1 fully saturated rings. The molecule has 2 N–H and O–H groups in total. The monoisotopic (exact) mass is 559 g/mol. The Morgan fingerprint density at radius 2 is 2.17 bits per heavy atom. The van der Waals surface area contributed by atoms with Crippen LogP contribution in [0.4, 0.5) is 13.2 Å². The van der Waals surface area contributed by atoms with Gasteiger partial charge in [-0.3, -0.25) is 0 Å². The second-order valence-corrected chi connectivity index (χ2v) is 7.65. The van der Waals surface area contributed by atoms with Crippen molar-refractivity contribution < 1.29 is 17.9 Å². The van der Waals surface area contributed by atoms with Crippen LogP contribution in [0, 0.1) is 6.92 Å². The maximum Gasteiger partial charge on any atom is 0.434 e. The minimum atomic E-state index is -4.41. The summed E-state index contributed by atoms with van der Waals surface area (Å²) in [6, 6.07) is 0. The molecule has 1 aliphatic heterocycles. The third-order valence-electron chi connectivity index (χ3n) is 4.56. The molecule has 0 bridgehead atoms. The van der Waals surface area contributed by atoms with Gasteiger partial charge in [0.1, 0.15) is 12.4 Å². The molecule has 168 valence electrons. The van der Waals surface area contributed by atoms with Crippen molar-refractivity contribution in [2.45, 2.75) is 45.0 Å². The van der Waals surface area contributed by atoms with Crippen LogP contribution in [0.3, 0.4) is 0 Å². The molecule has 0 aromatic carbocycles. The van der Waals surface area contributed by atoms with Crippen molar-refractivity contribution in [1.29, 1.82) is 0 Å². The number of aliphatic imine (C=N–C) groups is 1. The second-order valence-electron chi connectivity index (χ2n) is 6.70. The lowest BCUT2D eigenvalue weighted by atomic mass is 10.2. The van der Waals surface area contributed by atoms with Crippen molar-refractivity contribution >= 4 is 41.3 Å². The third kappa shape index (κ3) is 7.04. The van der Waals surface area contributed by atoms with E-state index < -0.39 is 11.9 Å². The third-order valence-corrected chi connectivity index (χ3v) is 5.46. The van der Waals surface area contributed by atoms with E-state index in [1.54, 1.807) is 0 Å². The second kappa shape index (κ2) is 11.2. The van der Waals surface area contributed by atoms with Gasteiger partial charge in [0.05, 0.1) is 11.1 Å². The summed E-state index contributed by atoms with van der Waals surface area (Å²) in [4.78, 5) is 8.17. The van der Waals surface area contributed by atoms with Gasteiger partial charge in [0.15, 0.2) is 17.5 Å². The summed E-state index contributed by atoms with van der Waals surface area (Å²) in [5.74, 6) is 2.06. The highest BCUT2D eigenvalue weighted by molar-refractivity contribution is 14.0. The smallest absolute Gasteiger partial charge is 0.376 e. The number of ether oxygens (including phenoxy) is 1. The number of halogens is 4. The predicted octanol–water partition coefficient (Wildman–Crippen LogP) is 2.67. The lowest BCUT2D eigenvalue weighted by Crippen LogP contribution is -2.42. The number of aromatic nitrogens is 4. The first-order valence-corrected chi connectivity index (χ1v) is 10.2. The minimum absolute atomic E-state index is 0. The molecule has 1 aliphatic rings. The standard InChI is InChI=1S/C17H24F3N7OS.HI/c1-11-25-26-14(27(11)2)9-23-16(22-8-12-4-3-7-28-12)21-6-5-15-24-13(10-29-15)17(18,19)20;/h10,12H,3-9H2,1-2H3,(H2,21,22,23);1H. The van der Waals surface area contributed by atoms with Crippen molar-refractivity contribution in [2.24, 2.45) is 12.0 Å². The van der Waals surface area contributed by atoms with E-state index in [1.165, 1.54) is 0 Å². The van der Waals surface area contributed by atoms with Gasteiger partial charge < -0.3 is 19.9 Å². The van der Waals surface area contributed by atoms with Crippen molar-refractivity contribution in [2.75, 3.05) is 19.7 Å². The molecule has 8 nitrogen and oxygen atoms in total. The zero-order valence-electron chi connectivity index (χ0n) is 16.7. The highest BCUT2D eigenvalue weighted by Gasteiger charge is 2.33. The quantitative estimate of drug-likeness (QED) is 0.308. The fraction of sp³-hybridized carbons (Fsp3) is 0.647. The van der Waals surface area contributed by atoms with E-state index in [4.69, 9.17) is 4.74 Å². The van der Waals surface area contributed by atoms with E-state index in [9.17, 15) is 13.2 Å². The molecular weight excluding hydrogens is 534 g/mol. The number of hydrogen-bond acceptors (Lipinski definition) is 6. The number of nitrogens with one attached hydrogen (secondary N) is 2. The molecule has 30 heavy (non-hydrogen) atoms. The van der Waals surface area contributed by atoms with Crippen molar-refractivity contribution in [3.8, 4) is 0 Å². The Bertz CT molecular complexity index is 834. The molecule has 2 aromatic rings. The Morgan fingerprint density at radius 3 is 2.77 bits per heavy atom. The van der Waals surface area contributed by atoms with Gasteiger partial charge in [-0.2, -0.15) is 13.2 Å². The molecule has 1 atom stereocenters. The van der Waals surface area contributed by atoms with E-state index >= 15 is 0 Å². The minimum Gasteiger partial charge on any atom is -0.376 e. The number of hydrogen-bond donors (Lipinski definition) is 2. The molecule has 3 rings (SSSR count). The van der Waals surface area contributed by atoms with Gasteiger partial charge in [-0.25, -0.2) is 9.98 Å². The Labute approximate surface area is 193 Å². The molecule has 0 radical (unpaired) electrons. The Morgan fingerprint density at radius 1 is 1.37 bits per heavy atom. The highest BCUT2D eigenvalue weighted by Crippen LogP contribution is 2.30. The largest absolute Gasteiger partial charge is 0.434 e. The number of thiazole rings is 1. The lowest BCUT2D eigenvalue weighted by Gasteiger charge is -2.15. The zero-order chi connectivity index (χ0) is 20.9. The summed E-state index contributed by atoms with van der Waals surface area (Å²) in [5, 5.41) is 15.9. The predicted molar refractivity (Wildman–Crippen MR) is 118 cm³/mol. The molecule has 3 heterocycles. The molecular formula is C17H25F3IN7OS. The van der Waals surface area contributed by atoms with Crippen molar-refractivity contribution in [3.63, 3.8) is 0 Å². The number of guanidine groups is 1. The number of rotatable bonds is 7. The Hall–Kier alpha value is -1.48. The van der Waals surface area contributed by atoms with Gasteiger partial charge in [0.25, 0.3) is 0 Å². The number of alkyl halides is 3. The summed E-state index contributed by atoms with van der Waals surface area (Å²) in [7, 11) is 1.87. The molecule has 13 heteroatoms. The van der Waals surface area contributed by atoms with Crippen LogP contribution in [-0.4, -0.2) is 51.5 Å². The summed E-state index contributed by atoms with van der Waals surface area (Å²) in [6.07, 6.45) is -1.89. The van der Waals surface area contributed by atoms with E-state index in [0.717, 1.165) is 47.8 Å². The fourth-order valence-corrected chi connectivity index (χ4v) is 3.58. The summed E-state index contributed by atoms with van der Waals surface area (Å²) in [5.41, 5.74) is -0.847. The average molecular weight is 559 g/mol. The van der Waals surface area contributed by atoms with E-state index in [1.807, 2.05) is 18.5 Å². The van der Waals surface area contributed by atoms with Gasteiger partial charge in [0, 0.05) is 38.5 Å². The van der Waals surface area contributed by atoms with Crippen LogP contribution in [-0.2, 0) is 30.9 Å².